The van der Waals surface area contributed by atoms with Gasteiger partial charge in [-0.25, -0.2) is 0 Å². The van der Waals surface area contributed by atoms with Gasteiger partial charge in [0.25, 0.3) is 0 Å². The van der Waals surface area contributed by atoms with Crippen molar-refractivity contribution in [2.75, 3.05) is 30.3 Å². The Hall–Kier alpha value is -1.23. The highest BCUT2D eigenvalue weighted by atomic mass is 79.9. The zero-order valence-electron chi connectivity index (χ0n) is 11.0. The van der Waals surface area contributed by atoms with E-state index in [4.69, 9.17) is 5.73 Å². The molecule has 1 unspecified atom stereocenters. The van der Waals surface area contributed by atoms with E-state index in [9.17, 15) is 4.79 Å². The molecule has 2 aliphatic rings. The topological polar surface area (TPSA) is 49.6 Å². The van der Waals surface area contributed by atoms with E-state index in [1.54, 1.807) is 0 Å². The molecule has 1 aromatic carbocycles. The zero-order valence-corrected chi connectivity index (χ0v) is 12.6. The minimum Gasteiger partial charge on any atom is -0.398 e. The first-order valence-corrected chi connectivity index (χ1v) is 7.45. The molecular formula is C14H18BrN3O. The second-order valence-electron chi connectivity index (χ2n) is 5.39. The van der Waals surface area contributed by atoms with Crippen LogP contribution in [0.25, 0.3) is 0 Å². The third kappa shape index (κ3) is 2.20. The summed E-state index contributed by atoms with van der Waals surface area (Å²) in [5.74, 6) is 0.317. The number of carbonyl (C=O) groups is 1. The summed E-state index contributed by atoms with van der Waals surface area (Å²) in [6, 6.07) is 4.48. The van der Waals surface area contributed by atoms with Crippen molar-refractivity contribution < 1.29 is 4.79 Å². The Bertz CT molecular complexity index is 532. The van der Waals surface area contributed by atoms with Crippen LogP contribution in [0.5, 0.6) is 0 Å². The molecular weight excluding hydrogens is 306 g/mol. The van der Waals surface area contributed by atoms with Crippen LogP contribution in [-0.2, 0) is 4.79 Å². The highest BCUT2D eigenvalue weighted by Crippen LogP contribution is 2.33. The van der Waals surface area contributed by atoms with E-state index < -0.39 is 0 Å². The summed E-state index contributed by atoms with van der Waals surface area (Å²) in [6.07, 6.45) is 1.70. The molecule has 4 nitrogen and oxygen atoms in total. The van der Waals surface area contributed by atoms with Crippen LogP contribution in [0, 0.1) is 6.92 Å². The molecule has 102 valence electrons. The van der Waals surface area contributed by atoms with Crippen molar-refractivity contribution in [2.45, 2.75) is 25.8 Å². The third-order valence-electron chi connectivity index (χ3n) is 4.17. The quantitative estimate of drug-likeness (QED) is 0.806. The molecule has 1 amide bonds. The number of amides is 1. The van der Waals surface area contributed by atoms with Crippen LogP contribution in [0.15, 0.2) is 16.6 Å². The van der Waals surface area contributed by atoms with Crippen LogP contribution < -0.4 is 10.6 Å². The highest BCUT2D eigenvalue weighted by molar-refractivity contribution is 9.10. The normalized spacial score (nSPS) is 22.8. The first kappa shape index (κ1) is 12.8. The van der Waals surface area contributed by atoms with Crippen molar-refractivity contribution in [3.63, 3.8) is 0 Å². The molecule has 0 spiro atoms. The van der Waals surface area contributed by atoms with Crippen molar-refractivity contribution in [3.8, 4) is 0 Å². The number of aryl methyl sites for hydroxylation is 1. The maximum absolute atomic E-state index is 11.7. The maximum atomic E-state index is 11.7. The van der Waals surface area contributed by atoms with Gasteiger partial charge in [0.15, 0.2) is 0 Å². The van der Waals surface area contributed by atoms with Gasteiger partial charge in [0.1, 0.15) is 0 Å². The van der Waals surface area contributed by atoms with Gasteiger partial charge >= 0.3 is 0 Å². The number of hydrogen-bond donors (Lipinski definition) is 1. The second kappa shape index (κ2) is 4.71. The van der Waals surface area contributed by atoms with Gasteiger partial charge in [-0.1, -0.05) is 0 Å². The number of benzene rings is 1. The van der Waals surface area contributed by atoms with Gasteiger partial charge in [0.2, 0.25) is 5.91 Å². The molecule has 0 radical (unpaired) electrons. The summed E-state index contributed by atoms with van der Waals surface area (Å²) in [7, 11) is 0. The Morgan fingerprint density at radius 3 is 2.95 bits per heavy atom. The molecule has 2 N–H and O–H groups in total. The molecule has 0 saturated carbocycles. The molecule has 19 heavy (non-hydrogen) atoms. The molecule has 5 heteroatoms. The number of hydrogen-bond acceptors (Lipinski definition) is 3. The second-order valence-corrected chi connectivity index (χ2v) is 6.24. The molecule has 3 rings (SSSR count). The fourth-order valence-electron chi connectivity index (χ4n) is 3.01. The number of rotatable bonds is 1. The summed E-state index contributed by atoms with van der Waals surface area (Å²) in [6.45, 7) is 4.68. The largest absolute Gasteiger partial charge is 0.398 e. The Morgan fingerprint density at radius 2 is 2.16 bits per heavy atom. The third-order valence-corrected chi connectivity index (χ3v) is 4.81. The van der Waals surface area contributed by atoms with Crippen molar-refractivity contribution in [1.82, 2.24) is 4.90 Å². The van der Waals surface area contributed by atoms with Gasteiger partial charge < -0.3 is 15.5 Å². The summed E-state index contributed by atoms with van der Waals surface area (Å²) >= 11 is 3.60. The molecule has 2 fully saturated rings. The molecule has 1 atom stereocenters. The first-order chi connectivity index (χ1) is 9.06. The maximum Gasteiger partial charge on any atom is 0.223 e. The van der Waals surface area contributed by atoms with Crippen LogP contribution >= 0.6 is 15.9 Å². The average Bonchev–Trinajstić information content (AvgIpc) is 2.75. The number of anilines is 2. The number of nitrogens with two attached hydrogens (primary N) is 1. The fourth-order valence-corrected chi connectivity index (χ4v) is 3.62. The lowest BCUT2D eigenvalue weighted by atomic mass is 10.1. The van der Waals surface area contributed by atoms with Crippen LogP contribution in [0.1, 0.15) is 18.4 Å². The van der Waals surface area contributed by atoms with Gasteiger partial charge in [0, 0.05) is 42.3 Å². The van der Waals surface area contributed by atoms with E-state index in [1.807, 2.05) is 17.9 Å². The number of carbonyl (C=O) groups excluding carboxylic acids is 1. The monoisotopic (exact) mass is 323 g/mol. The zero-order chi connectivity index (χ0) is 13.6. The van der Waals surface area contributed by atoms with E-state index in [1.165, 1.54) is 5.69 Å². The lowest BCUT2D eigenvalue weighted by Gasteiger charge is -2.39. The predicted molar refractivity (Wildman–Crippen MR) is 80.2 cm³/mol. The van der Waals surface area contributed by atoms with Crippen molar-refractivity contribution in [2.24, 2.45) is 0 Å². The smallest absolute Gasteiger partial charge is 0.223 e. The highest BCUT2D eigenvalue weighted by Gasteiger charge is 2.35. The first-order valence-electron chi connectivity index (χ1n) is 6.66. The standard InChI is InChI=1S/C14H18BrN3O/c1-9-6-13(11(15)7-12(9)16)17-4-5-18-10(8-17)2-3-14(18)19/h6-7,10H,2-5,8,16H2,1H3. The Morgan fingerprint density at radius 1 is 1.37 bits per heavy atom. The van der Waals surface area contributed by atoms with E-state index in [2.05, 4.69) is 26.9 Å². The Kier molecular flexibility index (Phi) is 3.17. The predicted octanol–water partition coefficient (Wildman–Crippen LogP) is 2.15. The Labute approximate surface area is 121 Å². The number of nitrogens with zero attached hydrogens (tertiary/aromatic N) is 2. The molecule has 1 aromatic rings. The van der Waals surface area contributed by atoms with Gasteiger partial charge in [-0.2, -0.15) is 0 Å². The van der Waals surface area contributed by atoms with Crippen LogP contribution in [0.3, 0.4) is 0 Å². The number of halogens is 1. The molecule has 2 saturated heterocycles. The Balaban J connectivity index is 1.84. The van der Waals surface area contributed by atoms with E-state index in [-0.39, 0.29) is 0 Å². The minimum atomic E-state index is 0.317. The van der Waals surface area contributed by atoms with Crippen molar-refractivity contribution in [3.05, 3.63) is 22.2 Å². The number of fused-ring (bicyclic) bond motifs is 1. The summed E-state index contributed by atoms with van der Waals surface area (Å²) in [4.78, 5) is 16.1. The fraction of sp³-hybridized carbons (Fsp3) is 0.500. The average molecular weight is 324 g/mol. The molecule has 2 heterocycles. The molecule has 2 aliphatic heterocycles. The molecule has 0 aromatic heterocycles. The van der Waals surface area contributed by atoms with Gasteiger partial charge in [-0.3, -0.25) is 4.79 Å². The SMILES string of the molecule is Cc1cc(N2CCN3C(=O)CCC3C2)c(Br)cc1N. The van der Waals surface area contributed by atoms with E-state index in [0.717, 1.165) is 41.8 Å². The molecule has 0 aliphatic carbocycles. The summed E-state index contributed by atoms with van der Waals surface area (Å²) in [5.41, 5.74) is 9.02. The molecule has 0 bridgehead atoms. The van der Waals surface area contributed by atoms with Crippen LogP contribution in [0.2, 0.25) is 0 Å². The lowest BCUT2D eigenvalue weighted by Crippen LogP contribution is -2.51. The van der Waals surface area contributed by atoms with Crippen LogP contribution in [-0.4, -0.2) is 36.5 Å². The van der Waals surface area contributed by atoms with Gasteiger partial charge in [-0.05, 0) is 47.0 Å². The van der Waals surface area contributed by atoms with E-state index >= 15 is 0 Å². The van der Waals surface area contributed by atoms with Gasteiger partial charge in [0.05, 0.1) is 5.69 Å². The van der Waals surface area contributed by atoms with Gasteiger partial charge in [-0.15, -0.1) is 0 Å². The van der Waals surface area contributed by atoms with E-state index in [0.29, 0.717) is 18.4 Å². The van der Waals surface area contributed by atoms with Crippen molar-refractivity contribution >= 4 is 33.2 Å². The summed E-state index contributed by atoms with van der Waals surface area (Å²) < 4.78 is 1.04. The number of piperazine rings is 1. The lowest BCUT2D eigenvalue weighted by molar-refractivity contribution is -0.129. The minimum absolute atomic E-state index is 0.317. The van der Waals surface area contributed by atoms with Crippen LogP contribution in [0.4, 0.5) is 11.4 Å². The van der Waals surface area contributed by atoms with Crippen molar-refractivity contribution in [1.29, 1.82) is 0 Å². The number of nitrogen functional groups attached to an aromatic ring is 1. The summed E-state index contributed by atoms with van der Waals surface area (Å²) in [5, 5.41) is 0.